The van der Waals surface area contributed by atoms with Gasteiger partial charge in [0.1, 0.15) is 5.75 Å². The predicted octanol–water partition coefficient (Wildman–Crippen LogP) is 4.61. The largest absolute Gasteiger partial charge is 0.494 e. The second-order valence-corrected chi connectivity index (χ2v) is 10.2. The molecule has 3 rings (SSSR count). The molecule has 1 saturated heterocycles. The quantitative estimate of drug-likeness (QED) is 0.611. The van der Waals surface area contributed by atoms with Crippen LogP contribution in [0.4, 0.5) is 0 Å². The molecule has 1 atom stereocenters. The van der Waals surface area contributed by atoms with E-state index in [0.717, 1.165) is 12.0 Å². The number of halogens is 2. The first-order valence-electron chi connectivity index (χ1n) is 9.47. The van der Waals surface area contributed by atoms with Gasteiger partial charge in [-0.15, -0.1) is 0 Å². The third-order valence-corrected chi connectivity index (χ3v) is 7.18. The lowest BCUT2D eigenvalue weighted by molar-refractivity contribution is 0.0681. The molecule has 1 fully saturated rings. The fourth-order valence-corrected chi connectivity index (χ4v) is 5.50. The number of carbonyl (C=O) groups excluding carboxylic acids is 1. The van der Waals surface area contributed by atoms with Crippen molar-refractivity contribution in [2.75, 3.05) is 18.1 Å². The highest BCUT2D eigenvalue weighted by Crippen LogP contribution is 2.27. The number of amides is 1. The molecule has 8 heteroatoms. The van der Waals surface area contributed by atoms with Crippen LogP contribution in [0.15, 0.2) is 42.5 Å². The molecule has 29 heavy (non-hydrogen) atoms. The molecule has 1 unspecified atom stereocenters. The molecule has 2 aromatic carbocycles. The van der Waals surface area contributed by atoms with E-state index >= 15 is 0 Å². The van der Waals surface area contributed by atoms with Crippen molar-refractivity contribution >= 4 is 38.9 Å². The van der Waals surface area contributed by atoms with Crippen LogP contribution >= 0.6 is 23.2 Å². The van der Waals surface area contributed by atoms with Crippen LogP contribution in [-0.2, 0) is 16.4 Å². The number of rotatable bonds is 7. The van der Waals surface area contributed by atoms with Crippen molar-refractivity contribution in [3.05, 3.63) is 63.6 Å². The molecule has 0 aliphatic carbocycles. The van der Waals surface area contributed by atoms with Gasteiger partial charge in [0.25, 0.3) is 5.91 Å². The zero-order valence-corrected chi connectivity index (χ0v) is 18.4. The van der Waals surface area contributed by atoms with Gasteiger partial charge in [-0.3, -0.25) is 4.79 Å². The lowest BCUT2D eigenvalue weighted by Gasteiger charge is -2.29. The normalized spacial score (nSPS) is 17.8. The number of benzene rings is 2. The van der Waals surface area contributed by atoms with Crippen LogP contribution in [0.3, 0.4) is 0 Å². The highest BCUT2D eigenvalue weighted by atomic mass is 35.5. The summed E-state index contributed by atoms with van der Waals surface area (Å²) >= 11 is 12.3. The molecule has 0 N–H and O–H groups in total. The Bertz CT molecular complexity index is 977. The van der Waals surface area contributed by atoms with E-state index in [2.05, 4.69) is 0 Å². The maximum Gasteiger partial charge on any atom is 0.254 e. The van der Waals surface area contributed by atoms with Gasteiger partial charge in [-0.2, -0.15) is 0 Å². The van der Waals surface area contributed by atoms with Crippen molar-refractivity contribution < 1.29 is 17.9 Å². The number of hydrogen-bond acceptors (Lipinski definition) is 4. The Balaban J connectivity index is 1.86. The smallest absolute Gasteiger partial charge is 0.254 e. The fraction of sp³-hybridized carbons (Fsp3) is 0.381. The molecule has 0 spiro atoms. The molecular weight excluding hydrogens is 433 g/mol. The summed E-state index contributed by atoms with van der Waals surface area (Å²) in [5.74, 6) is 0.501. The monoisotopic (exact) mass is 455 g/mol. The summed E-state index contributed by atoms with van der Waals surface area (Å²) in [5.41, 5.74) is 1.19. The van der Waals surface area contributed by atoms with Crippen LogP contribution in [0.5, 0.6) is 5.75 Å². The summed E-state index contributed by atoms with van der Waals surface area (Å²) in [7, 11) is -3.15. The van der Waals surface area contributed by atoms with Gasteiger partial charge in [-0.25, -0.2) is 8.42 Å². The number of carbonyl (C=O) groups is 1. The van der Waals surface area contributed by atoms with Crippen molar-refractivity contribution in [2.24, 2.45) is 0 Å². The third-order valence-electron chi connectivity index (χ3n) is 4.84. The summed E-state index contributed by atoms with van der Waals surface area (Å²) < 4.78 is 29.6. The summed E-state index contributed by atoms with van der Waals surface area (Å²) in [6, 6.07) is 11.6. The van der Waals surface area contributed by atoms with Gasteiger partial charge in [0.2, 0.25) is 0 Å². The lowest BCUT2D eigenvalue weighted by atomic mass is 10.1. The number of ether oxygens (including phenoxy) is 1. The van der Waals surface area contributed by atoms with Gasteiger partial charge in [-0.05, 0) is 54.8 Å². The predicted molar refractivity (Wildman–Crippen MR) is 116 cm³/mol. The molecule has 1 aliphatic rings. The summed E-state index contributed by atoms with van der Waals surface area (Å²) in [6.07, 6.45) is 1.31. The SMILES string of the molecule is CCCOc1ccc(C(=O)N(Cc2ccc(Cl)cc2Cl)C2CCS(=O)(=O)C2)cc1. The molecule has 1 heterocycles. The standard InChI is InChI=1S/C21H23Cl2NO4S/c1-2-10-28-19-7-4-15(5-8-19)21(25)24(18-9-11-29(26,27)14-18)13-16-3-6-17(22)12-20(16)23/h3-8,12,18H,2,9-11,13-14H2,1H3. The van der Waals surface area contributed by atoms with E-state index < -0.39 is 15.9 Å². The summed E-state index contributed by atoms with van der Waals surface area (Å²) in [4.78, 5) is 14.9. The molecule has 0 saturated carbocycles. The van der Waals surface area contributed by atoms with E-state index in [9.17, 15) is 13.2 Å². The van der Waals surface area contributed by atoms with E-state index in [1.165, 1.54) is 0 Å². The fourth-order valence-electron chi connectivity index (χ4n) is 3.30. The van der Waals surface area contributed by atoms with Crippen LogP contribution in [0.2, 0.25) is 10.0 Å². The van der Waals surface area contributed by atoms with E-state index in [1.54, 1.807) is 47.4 Å². The van der Waals surface area contributed by atoms with Gasteiger partial charge < -0.3 is 9.64 Å². The van der Waals surface area contributed by atoms with Gasteiger partial charge in [0, 0.05) is 28.2 Å². The molecule has 1 amide bonds. The molecule has 1 aliphatic heterocycles. The van der Waals surface area contributed by atoms with Crippen LogP contribution in [0.1, 0.15) is 35.7 Å². The zero-order chi connectivity index (χ0) is 21.0. The Morgan fingerprint density at radius 2 is 1.90 bits per heavy atom. The van der Waals surface area contributed by atoms with Crippen LogP contribution in [-0.4, -0.2) is 43.4 Å². The Labute approximate surface area is 181 Å². The Kier molecular flexibility index (Phi) is 7.09. The topological polar surface area (TPSA) is 63.7 Å². The highest BCUT2D eigenvalue weighted by Gasteiger charge is 2.35. The van der Waals surface area contributed by atoms with Crippen molar-refractivity contribution in [1.82, 2.24) is 4.90 Å². The first-order chi connectivity index (χ1) is 13.8. The Morgan fingerprint density at radius 3 is 2.48 bits per heavy atom. The maximum atomic E-state index is 13.3. The third kappa shape index (κ3) is 5.65. The van der Waals surface area contributed by atoms with Crippen LogP contribution in [0.25, 0.3) is 0 Å². The second-order valence-electron chi connectivity index (χ2n) is 7.10. The molecule has 0 bridgehead atoms. The highest BCUT2D eigenvalue weighted by molar-refractivity contribution is 7.91. The minimum Gasteiger partial charge on any atom is -0.494 e. The lowest BCUT2D eigenvalue weighted by Crippen LogP contribution is -2.40. The Morgan fingerprint density at radius 1 is 1.17 bits per heavy atom. The second kappa shape index (κ2) is 9.37. The summed E-state index contributed by atoms with van der Waals surface area (Å²) in [6.45, 7) is 2.84. The number of hydrogen-bond donors (Lipinski definition) is 0. The number of nitrogens with zero attached hydrogens (tertiary/aromatic N) is 1. The number of sulfone groups is 1. The van der Waals surface area contributed by atoms with Gasteiger partial charge in [0.05, 0.1) is 18.1 Å². The molecule has 0 aromatic heterocycles. The van der Waals surface area contributed by atoms with E-state index in [1.807, 2.05) is 6.92 Å². The van der Waals surface area contributed by atoms with Crippen molar-refractivity contribution in [1.29, 1.82) is 0 Å². The van der Waals surface area contributed by atoms with Crippen LogP contribution in [0, 0.1) is 0 Å². The van der Waals surface area contributed by atoms with Gasteiger partial charge >= 0.3 is 0 Å². The summed E-state index contributed by atoms with van der Waals surface area (Å²) in [5, 5.41) is 0.946. The molecule has 2 aromatic rings. The average molecular weight is 456 g/mol. The minimum atomic E-state index is -3.15. The first-order valence-corrected chi connectivity index (χ1v) is 12.0. The zero-order valence-electron chi connectivity index (χ0n) is 16.1. The van der Waals surface area contributed by atoms with E-state index in [4.69, 9.17) is 27.9 Å². The Hall–Kier alpha value is -1.76. The van der Waals surface area contributed by atoms with Crippen LogP contribution < -0.4 is 4.74 Å². The minimum absolute atomic E-state index is 0.0400. The molecule has 0 radical (unpaired) electrons. The molecule has 156 valence electrons. The van der Waals surface area contributed by atoms with Crippen molar-refractivity contribution in [3.63, 3.8) is 0 Å². The maximum absolute atomic E-state index is 13.3. The first kappa shape index (κ1) is 21.9. The van der Waals surface area contributed by atoms with Gasteiger partial charge in [0.15, 0.2) is 9.84 Å². The van der Waals surface area contributed by atoms with Gasteiger partial charge in [-0.1, -0.05) is 36.2 Å². The van der Waals surface area contributed by atoms with E-state index in [0.29, 0.717) is 34.4 Å². The molecular formula is C21H23Cl2NO4S. The van der Waals surface area contributed by atoms with Crippen molar-refractivity contribution in [2.45, 2.75) is 32.4 Å². The van der Waals surface area contributed by atoms with E-state index in [-0.39, 0.29) is 24.0 Å². The molecule has 5 nitrogen and oxygen atoms in total. The average Bonchev–Trinajstić information content (AvgIpc) is 3.05. The van der Waals surface area contributed by atoms with Crippen molar-refractivity contribution in [3.8, 4) is 5.75 Å².